The fourth-order valence-electron chi connectivity index (χ4n) is 4.23. The van der Waals surface area contributed by atoms with Gasteiger partial charge in [-0.05, 0) is 44.4 Å². The zero-order chi connectivity index (χ0) is 35.9. The van der Waals surface area contributed by atoms with E-state index in [0.29, 0.717) is 38.0 Å². The van der Waals surface area contributed by atoms with Crippen molar-refractivity contribution in [2.75, 3.05) is 13.2 Å². The first kappa shape index (κ1) is 45.4. The van der Waals surface area contributed by atoms with Crippen LogP contribution in [0.3, 0.4) is 0 Å². The van der Waals surface area contributed by atoms with E-state index in [0.717, 1.165) is 25.7 Å². The maximum absolute atomic E-state index is 12.3. The fraction of sp³-hybridized carbons (Fsp3) is 0.622. The summed E-state index contributed by atoms with van der Waals surface area (Å²) in [5.74, 6) is -0.358. The molecule has 10 nitrogen and oxygen atoms in total. The van der Waals surface area contributed by atoms with Crippen molar-refractivity contribution < 1.29 is 48.2 Å². The van der Waals surface area contributed by atoms with Gasteiger partial charge in [0.2, 0.25) is 0 Å². The molecule has 0 aromatic carbocycles. The molecule has 11 heteroatoms. The average molecular weight is 697 g/mol. The number of aliphatic hydroxyl groups excluding tert-OH is 2. The Bertz CT molecular complexity index is 1050. The SMILES string of the molecule is CC/C=C\C[C@@H](O)/C=C/C=C\C=C\[C@@H](O)C/C=C\C/C=C\CCC(=O)OC[C@H](COP(=O)(O)O)OC(=O)CCCCCCCCC(C)C. The molecule has 0 fully saturated rings. The quantitative estimate of drug-likeness (QED) is 0.0200. The van der Waals surface area contributed by atoms with Crippen molar-refractivity contribution in [2.45, 2.75) is 129 Å². The summed E-state index contributed by atoms with van der Waals surface area (Å²) in [7, 11) is -4.79. The normalized spacial score (nSPS) is 14.8. The molecule has 0 radical (unpaired) electrons. The Kier molecular flexibility index (Phi) is 28.8. The minimum absolute atomic E-state index is 0.0818. The number of carbonyl (C=O) groups excluding carboxylic acids is 2. The number of ether oxygens (including phenoxy) is 2. The predicted molar refractivity (Wildman–Crippen MR) is 191 cm³/mol. The highest BCUT2D eigenvalue weighted by atomic mass is 31.2. The first-order chi connectivity index (χ1) is 22.9. The smallest absolute Gasteiger partial charge is 0.462 e. The van der Waals surface area contributed by atoms with Crippen LogP contribution in [0.4, 0.5) is 0 Å². The molecule has 0 spiro atoms. The summed E-state index contributed by atoms with van der Waals surface area (Å²) in [5, 5.41) is 19.8. The molecular formula is C37H61O10P. The van der Waals surface area contributed by atoms with Gasteiger partial charge in [-0.15, -0.1) is 0 Å². The second-order valence-electron chi connectivity index (χ2n) is 12.0. The fourth-order valence-corrected chi connectivity index (χ4v) is 4.59. The van der Waals surface area contributed by atoms with Gasteiger partial charge in [-0.25, -0.2) is 4.57 Å². The molecule has 0 rings (SSSR count). The topological polar surface area (TPSA) is 160 Å². The first-order valence-corrected chi connectivity index (χ1v) is 18.8. The summed E-state index contributed by atoms with van der Waals surface area (Å²) < 4.78 is 26.1. The molecule has 274 valence electrons. The monoisotopic (exact) mass is 696 g/mol. The molecule has 0 aliphatic carbocycles. The van der Waals surface area contributed by atoms with Crippen molar-refractivity contribution in [3.05, 3.63) is 72.9 Å². The van der Waals surface area contributed by atoms with E-state index in [9.17, 15) is 24.4 Å². The zero-order valence-corrected chi connectivity index (χ0v) is 30.1. The van der Waals surface area contributed by atoms with E-state index >= 15 is 0 Å². The standard InChI is InChI=1S/C37H61O10P/c1-4-5-16-24-33(38)26-19-14-15-20-27-34(39)25-18-11-7-9-12-21-28-36(40)45-30-35(31-46-48(42,43)44)47-37(41)29-22-13-8-6-10-17-23-32(2)3/h5,9,11-12,14-16,18-20,26-27,32-35,38-39H,4,6-8,10,13,17,21-25,28-31H2,1-3H3,(H2,42,43,44)/b12-9-,15-14-,16-5-,18-11-,26-19+,27-20+/t33-,34+,35-/m1/s1. The van der Waals surface area contributed by atoms with Gasteiger partial charge in [-0.3, -0.25) is 14.1 Å². The van der Waals surface area contributed by atoms with E-state index in [-0.39, 0.29) is 19.4 Å². The second-order valence-corrected chi connectivity index (χ2v) is 13.2. The van der Waals surface area contributed by atoms with Crippen molar-refractivity contribution in [2.24, 2.45) is 5.92 Å². The Morgan fingerprint density at radius 3 is 1.90 bits per heavy atom. The number of carbonyl (C=O) groups is 2. The van der Waals surface area contributed by atoms with E-state index in [4.69, 9.17) is 19.3 Å². The van der Waals surface area contributed by atoms with Crippen LogP contribution in [0.15, 0.2) is 72.9 Å². The van der Waals surface area contributed by atoms with Crippen LogP contribution >= 0.6 is 7.82 Å². The van der Waals surface area contributed by atoms with Crippen LogP contribution in [0.1, 0.15) is 111 Å². The van der Waals surface area contributed by atoms with Crippen LogP contribution in [0.25, 0.3) is 0 Å². The van der Waals surface area contributed by atoms with Crippen LogP contribution in [-0.4, -0.2) is 63.5 Å². The molecule has 0 aliphatic heterocycles. The lowest BCUT2D eigenvalue weighted by Gasteiger charge is -2.18. The number of rotatable bonds is 29. The van der Waals surface area contributed by atoms with E-state index in [1.165, 1.54) is 19.3 Å². The molecule has 0 aromatic rings. The third-order valence-electron chi connectivity index (χ3n) is 6.85. The van der Waals surface area contributed by atoms with Crippen molar-refractivity contribution >= 4 is 19.8 Å². The molecule has 0 heterocycles. The Morgan fingerprint density at radius 2 is 1.29 bits per heavy atom. The highest BCUT2D eigenvalue weighted by molar-refractivity contribution is 7.46. The van der Waals surface area contributed by atoms with Gasteiger partial charge in [0.25, 0.3) is 0 Å². The Balaban J connectivity index is 4.28. The average Bonchev–Trinajstić information content (AvgIpc) is 3.02. The molecule has 0 amide bonds. The van der Waals surface area contributed by atoms with Crippen molar-refractivity contribution in [3.63, 3.8) is 0 Å². The molecule has 4 N–H and O–H groups in total. The first-order valence-electron chi connectivity index (χ1n) is 17.3. The second kappa shape index (κ2) is 30.5. The number of allylic oxidation sites excluding steroid dienone is 8. The third kappa shape index (κ3) is 33.3. The molecule has 0 saturated heterocycles. The van der Waals surface area contributed by atoms with Gasteiger partial charge in [0.1, 0.15) is 6.61 Å². The summed E-state index contributed by atoms with van der Waals surface area (Å²) in [4.78, 5) is 42.5. The predicted octanol–water partition coefficient (Wildman–Crippen LogP) is 7.75. The number of unbranched alkanes of at least 4 members (excludes halogenated alkanes) is 5. The van der Waals surface area contributed by atoms with Crippen molar-refractivity contribution in [1.82, 2.24) is 0 Å². The molecular weight excluding hydrogens is 635 g/mol. The Hall–Kier alpha value is -2.59. The van der Waals surface area contributed by atoms with Crippen molar-refractivity contribution in [3.8, 4) is 0 Å². The number of aliphatic hydroxyl groups is 2. The van der Waals surface area contributed by atoms with Gasteiger partial charge < -0.3 is 29.5 Å². The molecule has 0 aliphatic rings. The molecule has 0 aromatic heterocycles. The summed E-state index contributed by atoms with van der Waals surface area (Å²) in [6.07, 6.45) is 30.3. The van der Waals surface area contributed by atoms with Gasteiger partial charge in [-0.1, -0.05) is 132 Å². The Labute approximate surface area is 288 Å². The number of phosphoric ester groups is 1. The van der Waals surface area contributed by atoms with E-state index in [1.54, 1.807) is 36.5 Å². The minimum Gasteiger partial charge on any atom is -0.462 e. The summed E-state index contributed by atoms with van der Waals surface area (Å²) in [6, 6.07) is 0. The van der Waals surface area contributed by atoms with Crippen molar-refractivity contribution in [1.29, 1.82) is 0 Å². The van der Waals surface area contributed by atoms with E-state index < -0.39 is 44.7 Å². The van der Waals surface area contributed by atoms with Crippen LogP contribution in [0.2, 0.25) is 0 Å². The largest absolute Gasteiger partial charge is 0.469 e. The van der Waals surface area contributed by atoms with Crippen LogP contribution < -0.4 is 0 Å². The molecule has 0 saturated carbocycles. The maximum Gasteiger partial charge on any atom is 0.469 e. The number of esters is 2. The maximum atomic E-state index is 12.3. The molecule has 48 heavy (non-hydrogen) atoms. The zero-order valence-electron chi connectivity index (χ0n) is 29.2. The summed E-state index contributed by atoms with van der Waals surface area (Å²) in [6.45, 7) is 5.51. The third-order valence-corrected chi connectivity index (χ3v) is 7.33. The summed E-state index contributed by atoms with van der Waals surface area (Å²) in [5.41, 5.74) is 0. The number of hydrogen-bond donors (Lipinski definition) is 4. The lowest BCUT2D eigenvalue weighted by molar-refractivity contribution is -0.161. The highest BCUT2D eigenvalue weighted by Gasteiger charge is 2.22. The lowest BCUT2D eigenvalue weighted by atomic mass is 10.0. The Morgan fingerprint density at radius 1 is 0.708 bits per heavy atom. The molecule has 0 unspecified atom stereocenters. The number of phosphoric acid groups is 1. The highest BCUT2D eigenvalue weighted by Crippen LogP contribution is 2.35. The van der Waals surface area contributed by atoms with E-state index in [1.807, 2.05) is 43.4 Å². The lowest BCUT2D eigenvalue weighted by Crippen LogP contribution is -2.29. The van der Waals surface area contributed by atoms with Gasteiger partial charge in [-0.2, -0.15) is 0 Å². The molecule has 3 atom stereocenters. The van der Waals surface area contributed by atoms with Gasteiger partial charge >= 0.3 is 19.8 Å². The minimum atomic E-state index is -4.79. The van der Waals surface area contributed by atoms with Crippen LogP contribution in [0, 0.1) is 5.92 Å². The van der Waals surface area contributed by atoms with Crippen LogP contribution in [-0.2, 0) is 28.2 Å². The molecule has 0 bridgehead atoms. The van der Waals surface area contributed by atoms with Gasteiger partial charge in [0.15, 0.2) is 6.10 Å². The van der Waals surface area contributed by atoms with Gasteiger partial charge in [0, 0.05) is 12.8 Å². The summed E-state index contributed by atoms with van der Waals surface area (Å²) >= 11 is 0. The number of hydrogen-bond acceptors (Lipinski definition) is 8. The van der Waals surface area contributed by atoms with Gasteiger partial charge in [0.05, 0.1) is 18.8 Å². The van der Waals surface area contributed by atoms with E-state index in [2.05, 4.69) is 18.4 Å². The van der Waals surface area contributed by atoms with Crippen LogP contribution in [0.5, 0.6) is 0 Å².